The number of aliphatic hydroxyl groups excluding tert-OH is 1. The van der Waals surface area contributed by atoms with Crippen LogP contribution in [-0.4, -0.2) is 10.1 Å². The molecule has 0 unspecified atom stereocenters. The second kappa shape index (κ2) is 1.75. The predicted molar refractivity (Wildman–Crippen MR) is 21.3 cm³/mol. The molecular weight excluding hydrogens is 94.0 g/mol. The number of rotatable bonds is 1. The normalized spacial score (nSPS) is 9.29. The standard InChI is InChI=1S/C4H4NO2/c6-1-4-2-7-3-5-4/h3,6H,1H2. The molecule has 37 valence electrons. The summed E-state index contributed by atoms with van der Waals surface area (Å²) in [6.45, 7) is -0.101. The summed E-state index contributed by atoms with van der Waals surface area (Å²) in [6, 6.07) is 0. The molecule has 3 nitrogen and oxygen atoms in total. The molecule has 0 aliphatic heterocycles. The summed E-state index contributed by atoms with van der Waals surface area (Å²) in [5.41, 5.74) is 0.444. The van der Waals surface area contributed by atoms with E-state index in [9.17, 15) is 0 Å². The van der Waals surface area contributed by atoms with E-state index in [1.54, 1.807) is 0 Å². The van der Waals surface area contributed by atoms with Crippen molar-refractivity contribution in [1.82, 2.24) is 4.98 Å². The highest BCUT2D eigenvalue weighted by molar-refractivity contribution is 4.84. The van der Waals surface area contributed by atoms with Crippen LogP contribution in [0.5, 0.6) is 0 Å². The van der Waals surface area contributed by atoms with Crippen LogP contribution in [0, 0.1) is 6.26 Å². The van der Waals surface area contributed by atoms with Crippen LogP contribution in [0.3, 0.4) is 0 Å². The lowest BCUT2D eigenvalue weighted by atomic mass is 10.5. The molecule has 1 heterocycles. The molecular formula is C4H4NO2. The van der Waals surface area contributed by atoms with E-state index in [0.29, 0.717) is 5.69 Å². The summed E-state index contributed by atoms with van der Waals surface area (Å²) in [6.07, 6.45) is 3.58. The van der Waals surface area contributed by atoms with Crippen LogP contribution in [0.2, 0.25) is 0 Å². The highest BCUT2D eigenvalue weighted by atomic mass is 16.3. The Labute approximate surface area is 40.6 Å². The molecule has 1 rings (SSSR count). The topological polar surface area (TPSA) is 46.3 Å². The maximum Gasteiger partial charge on any atom is 0.197 e. The van der Waals surface area contributed by atoms with Crippen LogP contribution in [0.15, 0.2) is 10.8 Å². The first kappa shape index (κ1) is 4.33. The molecule has 0 aliphatic rings. The van der Waals surface area contributed by atoms with Gasteiger partial charge in [0.05, 0.1) is 6.61 Å². The third-order valence-corrected chi connectivity index (χ3v) is 0.588. The summed E-state index contributed by atoms with van der Waals surface area (Å²) in [5.74, 6) is 0. The molecule has 0 saturated carbocycles. The van der Waals surface area contributed by atoms with Gasteiger partial charge >= 0.3 is 0 Å². The number of aromatic nitrogens is 1. The third-order valence-electron chi connectivity index (χ3n) is 0.588. The number of oxazole rings is 1. The van der Waals surface area contributed by atoms with E-state index in [0.717, 1.165) is 0 Å². The Hall–Kier alpha value is -0.830. The predicted octanol–water partition coefficient (Wildman–Crippen LogP) is -0.0329. The van der Waals surface area contributed by atoms with E-state index in [1.165, 1.54) is 6.39 Å². The first-order valence-corrected chi connectivity index (χ1v) is 1.84. The molecule has 0 aromatic carbocycles. The molecule has 1 aromatic heterocycles. The van der Waals surface area contributed by atoms with Gasteiger partial charge in [-0.1, -0.05) is 0 Å². The van der Waals surface area contributed by atoms with Gasteiger partial charge in [0.25, 0.3) is 0 Å². The molecule has 7 heavy (non-hydrogen) atoms. The van der Waals surface area contributed by atoms with Gasteiger partial charge in [-0.25, -0.2) is 4.98 Å². The van der Waals surface area contributed by atoms with E-state index >= 15 is 0 Å². The van der Waals surface area contributed by atoms with E-state index in [1.807, 2.05) is 0 Å². The average molecular weight is 98.1 g/mol. The third kappa shape index (κ3) is 0.778. The summed E-state index contributed by atoms with van der Waals surface area (Å²) in [4.78, 5) is 3.56. The van der Waals surface area contributed by atoms with E-state index in [2.05, 4.69) is 15.7 Å². The molecule has 1 radical (unpaired) electrons. The Morgan fingerprint density at radius 2 is 2.86 bits per heavy atom. The monoisotopic (exact) mass is 98.0 g/mol. The molecule has 0 bridgehead atoms. The van der Waals surface area contributed by atoms with Gasteiger partial charge in [0.2, 0.25) is 0 Å². The summed E-state index contributed by atoms with van der Waals surface area (Å²) in [5, 5.41) is 8.27. The smallest absolute Gasteiger partial charge is 0.197 e. The second-order valence-electron chi connectivity index (χ2n) is 1.06. The van der Waals surface area contributed by atoms with Gasteiger partial charge in [0.15, 0.2) is 12.7 Å². The molecule has 0 fully saturated rings. The van der Waals surface area contributed by atoms with E-state index in [4.69, 9.17) is 5.11 Å². The van der Waals surface area contributed by atoms with Gasteiger partial charge in [-0.15, -0.1) is 0 Å². The van der Waals surface area contributed by atoms with Gasteiger partial charge in [-0.05, 0) is 0 Å². The van der Waals surface area contributed by atoms with Crippen molar-refractivity contribution in [1.29, 1.82) is 0 Å². The maximum absolute atomic E-state index is 8.27. The Morgan fingerprint density at radius 3 is 3.14 bits per heavy atom. The van der Waals surface area contributed by atoms with Gasteiger partial charge in [-0.3, -0.25) is 0 Å². The first-order chi connectivity index (χ1) is 3.43. The Kier molecular flexibility index (Phi) is 1.08. The van der Waals surface area contributed by atoms with Crippen molar-refractivity contribution in [2.75, 3.05) is 0 Å². The fraction of sp³-hybridized carbons (Fsp3) is 0.250. The minimum atomic E-state index is -0.101. The molecule has 3 heteroatoms. The number of nitrogens with zero attached hydrogens (tertiary/aromatic N) is 1. The first-order valence-electron chi connectivity index (χ1n) is 1.84. The summed E-state index contributed by atoms with van der Waals surface area (Å²) >= 11 is 0. The van der Waals surface area contributed by atoms with Crippen molar-refractivity contribution in [3.63, 3.8) is 0 Å². The minimum Gasteiger partial charge on any atom is -0.440 e. The van der Waals surface area contributed by atoms with Crippen LogP contribution in [0.4, 0.5) is 0 Å². The second-order valence-corrected chi connectivity index (χ2v) is 1.06. The average Bonchev–Trinajstić information content (AvgIpc) is 2.14. The zero-order valence-corrected chi connectivity index (χ0v) is 3.59. The summed E-state index contributed by atoms with van der Waals surface area (Å²) in [7, 11) is 0. The molecule has 1 aromatic rings. The molecule has 0 aliphatic carbocycles. The van der Waals surface area contributed by atoms with Crippen molar-refractivity contribution in [2.45, 2.75) is 6.61 Å². The Bertz CT molecular complexity index is 124. The Balaban J connectivity index is 2.76. The van der Waals surface area contributed by atoms with Crippen LogP contribution >= 0.6 is 0 Å². The molecule has 0 spiro atoms. The quantitative estimate of drug-likeness (QED) is 0.536. The lowest BCUT2D eigenvalue weighted by Gasteiger charge is -1.74. The number of aliphatic hydroxyl groups is 1. The lowest BCUT2D eigenvalue weighted by Crippen LogP contribution is -1.78. The van der Waals surface area contributed by atoms with Gasteiger partial charge in [-0.2, -0.15) is 0 Å². The molecule has 1 N–H and O–H groups in total. The van der Waals surface area contributed by atoms with Crippen molar-refractivity contribution in [2.24, 2.45) is 0 Å². The summed E-state index contributed by atoms with van der Waals surface area (Å²) < 4.78 is 4.41. The van der Waals surface area contributed by atoms with Crippen LogP contribution in [0.25, 0.3) is 0 Å². The van der Waals surface area contributed by atoms with Crippen molar-refractivity contribution < 1.29 is 9.52 Å². The van der Waals surface area contributed by atoms with Crippen LogP contribution in [0.1, 0.15) is 5.69 Å². The van der Waals surface area contributed by atoms with Crippen molar-refractivity contribution in [3.05, 3.63) is 18.4 Å². The molecule has 0 amide bonds. The van der Waals surface area contributed by atoms with Crippen LogP contribution < -0.4 is 0 Å². The van der Waals surface area contributed by atoms with Crippen molar-refractivity contribution >= 4 is 0 Å². The van der Waals surface area contributed by atoms with E-state index in [-0.39, 0.29) is 6.61 Å². The maximum atomic E-state index is 8.27. The highest BCUT2D eigenvalue weighted by Gasteiger charge is 1.88. The zero-order chi connectivity index (χ0) is 5.11. The molecule has 0 atom stereocenters. The van der Waals surface area contributed by atoms with Gasteiger partial charge in [0, 0.05) is 0 Å². The largest absolute Gasteiger partial charge is 0.440 e. The number of hydrogen-bond donors (Lipinski definition) is 1. The fourth-order valence-corrected chi connectivity index (χ4v) is 0.284. The van der Waals surface area contributed by atoms with Crippen molar-refractivity contribution in [3.8, 4) is 0 Å². The van der Waals surface area contributed by atoms with Gasteiger partial charge in [0.1, 0.15) is 5.69 Å². The Morgan fingerprint density at radius 1 is 2.00 bits per heavy atom. The number of hydrogen-bond acceptors (Lipinski definition) is 3. The minimum absolute atomic E-state index is 0.101. The lowest BCUT2D eigenvalue weighted by molar-refractivity contribution is 0.276. The van der Waals surface area contributed by atoms with Crippen LogP contribution in [-0.2, 0) is 6.61 Å². The fourth-order valence-electron chi connectivity index (χ4n) is 0.284. The van der Waals surface area contributed by atoms with E-state index < -0.39 is 0 Å². The van der Waals surface area contributed by atoms with Gasteiger partial charge < -0.3 is 9.52 Å². The SMILES string of the molecule is OCc1[c]ocn1. The highest BCUT2D eigenvalue weighted by Crippen LogP contribution is 1.89. The zero-order valence-electron chi connectivity index (χ0n) is 3.59. The molecule has 0 saturated heterocycles.